The number of carbonyl (C=O) groups excluding carboxylic acids is 1. The van der Waals surface area contributed by atoms with Gasteiger partial charge in [-0.3, -0.25) is 4.79 Å². The molecule has 1 amide bonds. The Morgan fingerprint density at radius 2 is 1.89 bits per heavy atom. The van der Waals surface area contributed by atoms with Crippen LogP contribution in [0.2, 0.25) is 5.02 Å². The van der Waals surface area contributed by atoms with E-state index in [0.29, 0.717) is 26.6 Å². The van der Waals surface area contributed by atoms with Gasteiger partial charge in [-0.05, 0) is 67.1 Å². The lowest BCUT2D eigenvalue weighted by Crippen LogP contribution is -2.19. The second-order valence-corrected chi connectivity index (χ2v) is 7.82. The molecule has 2 heterocycles. The molecular formula is C22H17ClN2O2S. The molecule has 2 aromatic carbocycles. The molecule has 1 aliphatic rings. The van der Waals surface area contributed by atoms with Gasteiger partial charge >= 0.3 is 0 Å². The van der Waals surface area contributed by atoms with E-state index in [0.717, 1.165) is 22.4 Å². The SMILES string of the molecule is Cc1cccc(N=C2NC(=O)/C(=C\c3ccc(-c4ccccc4Cl)o3)S2)c1C. The fourth-order valence-corrected chi connectivity index (χ4v) is 3.86. The third-order valence-electron chi connectivity index (χ3n) is 4.49. The van der Waals surface area contributed by atoms with Crippen LogP contribution in [0.4, 0.5) is 5.69 Å². The molecule has 0 saturated carbocycles. The van der Waals surface area contributed by atoms with Crippen LogP contribution in [0.25, 0.3) is 17.4 Å². The summed E-state index contributed by atoms with van der Waals surface area (Å²) in [5.41, 5.74) is 3.92. The molecule has 28 heavy (non-hydrogen) atoms. The van der Waals surface area contributed by atoms with Gasteiger partial charge in [0, 0.05) is 11.6 Å². The summed E-state index contributed by atoms with van der Waals surface area (Å²) in [6, 6.07) is 17.1. The number of hydrogen-bond donors (Lipinski definition) is 1. The van der Waals surface area contributed by atoms with E-state index in [9.17, 15) is 4.79 Å². The van der Waals surface area contributed by atoms with Crippen molar-refractivity contribution in [2.24, 2.45) is 4.99 Å². The van der Waals surface area contributed by atoms with Gasteiger partial charge in [-0.25, -0.2) is 4.99 Å². The van der Waals surface area contributed by atoms with Crippen molar-refractivity contribution in [3.05, 3.63) is 81.4 Å². The Kier molecular flexibility index (Phi) is 5.11. The largest absolute Gasteiger partial charge is 0.457 e. The number of hydrogen-bond acceptors (Lipinski definition) is 4. The van der Waals surface area contributed by atoms with Crippen LogP contribution >= 0.6 is 23.4 Å². The number of carbonyl (C=O) groups is 1. The van der Waals surface area contributed by atoms with Gasteiger partial charge in [-0.1, -0.05) is 35.9 Å². The molecule has 1 saturated heterocycles. The van der Waals surface area contributed by atoms with Crippen LogP contribution in [0.1, 0.15) is 16.9 Å². The van der Waals surface area contributed by atoms with Gasteiger partial charge in [-0.2, -0.15) is 0 Å². The van der Waals surface area contributed by atoms with Crippen LogP contribution in [0.5, 0.6) is 0 Å². The highest BCUT2D eigenvalue weighted by molar-refractivity contribution is 8.18. The summed E-state index contributed by atoms with van der Waals surface area (Å²) < 4.78 is 5.86. The van der Waals surface area contributed by atoms with E-state index in [1.54, 1.807) is 6.08 Å². The van der Waals surface area contributed by atoms with E-state index in [1.807, 2.05) is 68.4 Å². The maximum Gasteiger partial charge on any atom is 0.264 e. The first-order valence-corrected chi connectivity index (χ1v) is 9.91. The molecule has 3 aromatic rings. The van der Waals surface area contributed by atoms with Crippen molar-refractivity contribution < 1.29 is 9.21 Å². The van der Waals surface area contributed by atoms with E-state index in [4.69, 9.17) is 16.0 Å². The highest BCUT2D eigenvalue weighted by atomic mass is 35.5. The smallest absolute Gasteiger partial charge is 0.264 e. The molecule has 6 heteroatoms. The number of thioether (sulfide) groups is 1. The predicted octanol–water partition coefficient (Wildman–Crippen LogP) is 6.11. The van der Waals surface area contributed by atoms with Crippen molar-refractivity contribution >= 4 is 46.2 Å². The van der Waals surface area contributed by atoms with Gasteiger partial charge in [0.05, 0.1) is 15.6 Å². The Labute approximate surface area is 172 Å². The molecule has 0 radical (unpaired) electrons. The van der Waals surface area contributed by atoms with Crippen LogP contribution in [0.15, 0.2) is 68.9 Å². The number of amides is 1. The van der Waals surface area contributed by atoms with E-state index in [1.165, 1.54) is 11.8 Å². The summed E-state index contributed by atoms with van der Waals surface area (Å²) in [7, 11) is 0. The highest BCUT2D eigenvalue weighted by Gasteiger charge is 2.24. The molecule has 0 spiro atoms. The quantitative estimate of drug-likeness (QED) is 0.532. The first kappa shape index (κ1) is 18.6. The number of rotatable bonds is 3. The number of furan rings is 1. The first-order valence-electron chi connectivity index (χ1n) is 8.72. The van der Waals surface area contributed by atoms with E-state index in [2.05, 4.69) is 10.3 Å². The summed E-state index contributed by atoms with van der Waals surface area (Å²) in [5.74, 6) is 1.05. The predicted molar refractivity (Wildman–Crippen MR) is 116 cm³/mol. The molecule has 4 nitrogen and oxygen atoms in total. The Hall–Kier alpha value is -2.76. The summed E-state index contributed by atoms with van der Waals surface area (Å²) in [6.45, 7) is 4.06. The van der Waals surface area contributed by atoms with Gasteiger partial charge in [-0.15, -0.1) is 0 Å². The highest BCUT2D eigenvalue weighted by Crippen LogP contribution is 2.33. The average molecular weight is 409 g/mol. The second kappa shape index (κ2) is 7.70. The summed E-state index contributed by atoms with van der Waals surface area (Å²) in [4.78, 5) is 17.4. The first-order chi connectivity index (χ1) is 13.5. The Morgan fingerprint density at radius 3 is 2.71 bits per heavy atom. The zero-order chi connectivity index (χ0) is 19.7. The van der Waals surface area contributed by atoms with Crippen molar-refractivity contribution in [1.82, 2.24) is 5.32 Å². The second-order valence-electron chi connectivity index (χ2n) is 6.38. The summed E-state index contributed by atoms with van der Waals surface area (Å²) >= 11 is 7.52. The number of benzene rings is 2. The number of nitrogens with one attached hydrogen (secondary N) is 1. The standard InChI is InChI=1S/C22H17ClN2O2S/c1-13-6-5-9-18(14(13)2)24-22-25-21(26)20(28-22)12-15-10-11-19(27-15)16-7-3-4-8-17(16)23/h3-12H,1-2H3,(H,24,25,26)/b20-12+. The lowest BCUT2D eigenvalue weighted by molar-refractivity contribution is -0.115. The van der Waals surface area contributed by atoms with Crippen molar-refractivity contribution in [1.29, 1.82) is 0 Å². The average Bonchev–Trinajstić information content (AvgIpc) is 3.27. The van der Waals surface area contributed by atoms with Gasteiger partial charge in [0.25, 0.3) is 5.91 Å². The fraction of sp³-hybridized carbons (Fsp3) is 0.0909. The van der Waals surface area contributed by atoms with E-state index < -0.39 is 0 Å². The van der Waals surface area contributed by atoms with Crippen molar-refractivity contribution in [2.75, 3.05) is 0 Å². The van der Waals surface area contributed by atoms with E-state index in [-0.39, 0.29) is 5.91 Å². The molecule has 0 atom stereocenters. The van der Waals surface area contributed by atoms with Crippen molar-refractivity contribution in [3.8, 4) is 11.3 Å². The van der Waals surface area contributed by atoms with E-state index >= 15 is 0 Å². The zero-order valence-electron chi connectivity index (χ0n) is 15.3. The van der Waals surface area contributed by atoms with Crippen molar-refractivity contribution in [2.45, 2.75) is 13.8 Å². The molecule has 1 N–H and O–H groups in total. The normalized spacial score (nSPS) is 16.8. The third-order valence-corrected chi connectivity index (χ3v) is 5.73. The molecule has 1 aromatic heterocycles. The Balaban J connectivity index is 1.58. The maximum atomic E-state index is 12.3. The minimum atomic E-state index is -0.190. The molecule has 0 bridgehead atoms. The van der Waals surface area contributed by atoms with Crippen LogP contribution in [0, 0.1) is 13.8 Å². The van der Waals surface area contributed by atoms with Gasteiger partial charge in [0.15, 0.2) is 5.17 Å². The summed E-state index contributed by atoms with van der Waals surface area (Å²) in [6.07, 6.45) is 1.71. The topological polar surface area (TPSA) is 54.6 Å². The number of aryl methyl sites for hydroxylation is 1. The molecule has 1 aliphatic heterocycles. The van der Waals surface area contributed by atoms with Crippen LogP contribution in [-0.4, -0.2) is 11.1 Å². The van der Waals surface area contributed by atoms with Gasteiger partial charge < -0.3 is 9.73 Å². The Morgan fingerprint density at radius 1 is 1.07 bits per heavy atom. The molecular weight excluding hydrogens is 392 g/mol. The summed E-state index contributed by atoms with van der Waals surface area (Å²) in [5, 5.41) is 3.99. The monoisotopic (exact) mass is 408 g/mol. The lowest BCUT2D eigenvalue weighted by atomic mass is 10.1. The number of halogens is 1. The van der Waals surface area contributed by atoms with Crippen LogP contribution in [-0.2, 0) is 4.79 Å². The molecule has 4 rings (SSSR count). The zero-order valence-corrected chi connectivity index (χ0v) is 16.9. The molecule has 1 fully saturated rings. The van der Waals surface area contributed by atoms with Gasteiger partial charge in [0.1, 0.15) is 11.5 Å². The lowest BCUT2D eigenvalue weighted by Gasteiger charge is -2.04. The fourth-order valence-electron chi connectivity index (χ4n) is 2.81. The third kappa shape index (κ3) is 3.77. The molecule has 0 unspecified atom stereocenters. The Bertz CT molecular complexity index is 1130. The minimum absolute atomic E-state index is 0.190. The van der Waals surface area contributed by atoms with Gasteiger partial charge in [0.2, 0.25) is 0 Å². The molecule has 140 valence electrons. The molecule has 0 aliphatic carbocycles. The number of amidine groups is 1. The number of aliphatic imine (C=N–C) groups is 1. The van der Waals surface area contributed by atoms with Crippen LogP contribution in [0.3, 0.4) is 0 Å². The number of nitrogens with zero attached hydrogens (tertiary/aromatic N) is 1. The van der Waals surface area contributed by atoms with Crippen LogP contribution < -0.4 is 5.32 Å². The van der Waals surface area contributed by atoms with Crippen molar-refractivity contribution in [3.63, 3.8) is 0 Å². The minimum Gasteiger partial charge on any atom is -0.457 e. The maximum absolute atomic E-state index is 12.3.